The molecule has 1 fully saturated rings. The second-order valence-corrected chi connectivity index (χ2v) is 7.92. The van der Waals surface area contributed by atoms with Crippen molar-refractivity contribution < 1.29 is 14.3 Å². The van der Waals surface area contributed by atoms with E-state index in [0.717, 1.165) is 29.9 Å². The molecule has 8 nitrogen and oxygen atoms in total. The van der Waals surface area contributed by atoms with Crippen molar-refractivity contribution in [2.24, 2.45) is 11.7 Å². The SMILES string of the molecule is Cc1ccc(-c2c(N)c(NCC3CC(O)C3)nc3sc(C(N)=O)c(N)c23)o1. The van der Waals surface area contributed by atoms with Gasteiger partial charge in [-0.2, -0.15) is 0 Å². The number of nitrogens with zero attached hydrogens (tertiary/aromatic N) is 1. The molecule has 3 aromatic heterocycles. The lowest BCUT2D eigenvalue weighted by molar-refractivity contribution is 0.0486. The van der Waals surface area contributed by atoms with E-state index in [1.807, 2.05) is 19.1 Å². The zero-order valence-electron chi connectivity index (χ0n) is 14.8. The number of hydrogen-bond donors (Lipinski definition) is 5. The summed E-state index contributed by atoms with van der Waals surface area (Å²) >= 11 is 1.14. The molecule has 9 heteroatoms. The molecule has 0 aliphatic heterocycles. The molecule has 3 aromatic rings. The molecular formula is C18H21N5O3S. The standard InChI is InChI=1S/C18H21N5O3S/c1-7-2-3-10(26-7)11-12-13(19)15(16(21)25)27-18(12)23-17(14(11)20)22-6-8-4-9(24)5-8/h2-3,8-9,24H,4-6,19-20H2,1H3,(H2,21,25)(H,22,23). The molecule has 1 aliphatic rings. The van der Waals surface area contributed by atoms with E-state index in [1.165, 1.54) is 0 Å². The molecule has 0 saturated heterocycles. The van der Waals surface area contributed by atoms with E-state index in [4.69, 9.17) is 21.6 Å². The molecule has 0 spiro atoms. The lowest BCUT2D eigenvalue weighted by Crippen LogP contribution is -2.33. The van der Waals surface area contributed by atoms with Gasteiger partial charge in [-0.15, -0.1) is 11.3 Å². The highest BCUT2D eigenvalue weighted by atomic mass is 32.1. The predicted octanol–water partition coefficient (Wildman–Crippen LogP) is 2.31. The summed E-state index contributed by atoms with van der Waals surface area (Å²) in [5.74, 6) is 1.57. The second kappa shape index (κ2) is 6.43. The van der Waals surface area contributed by atoms with Gasteiger partial charge in [0.05, 0.1) is 23.0 Å². The number of aliphatic hydroxyl groups is 1. The number of anilines is 3. The fourth-order valence-corrected chi connectivity index (χ4v) is 4.37. The minimum absolute atomic E-state index is 0.221. The first-order valence-electron chi connectivity index (χ1n) is 8.65. The van der Waals surface area contributed by atoms with Crippen LogP contribution in [0.1, 0.15) is 28.3 Å². The monoisotopic (exact) mass is 387 g/mol. The number of nitrogen functional groups attached to an aromatic ring is 2. The van der Waals surface area contributed by atoms with Crippen LogP contribution in [-0.4, -0.2) is 28.6 Å². The van der Waals surface area contributed by atoms with E-state index >= 15 is 0 Å². The van der Waals surface area contributed by atoms with Gasteiger partial charge in [-0.05, 0) is 37.8 Å². The van der Waals surface area contributed by atoms with Crippen molar-refractivity contribution in [1.82, 2.24) is 4.98 Å². The highest BCUT2D eigenvalue weighted by Gasteiger charge is 2.28. The van der Waals surface area contributed by atoms with Crippen LogP contribution in [0.15, 0.2) is 16.5 Å². The van der Waals surface area contributed by atoms with Gasteiger partial charge in [0.15, 0.2) is 5.82 Å². The zero-order chi connectivity index (χ0) is 19.3. The normalized spacial score (nSPS) is 19.2. The number of fused-ring (bicyclic) bond motifs is 1. The maximum atomic E-state index is 11.7. The number of nitrogens with two attached hydrogens (primary N) is 3. The van der Waals surface area contributed by atoms with Crippen molar-refractivity contribution in [1.29, 1.82) is 0 Å². The second-order valence-electron chi connectivity index (χ2n) is 6.92. The molecular weight excluding hydrogens is 366 g/mol. The fraction of sp³-hybridized carbons (Fsp3) is 0.333. The molecule has 0 aromatic carbocycles. The Labute approximate surface area is 159 Å². The van der Waals surface area contributed by atoms with E-state index in [0.29, 0.717) is 45.5 Å². The number of thiophene rings is 1. The van der Waals surface area contributed by atoms with Crippen LogP contribution in [0.25, 0.3) is 21.5 Å². The van der Waals surface area contributed by atoms with Crippen molar-refractivity contribution in [3.8, 4) is 11.3 Å². The number of aromatic nitrogens is 1. The Hall–Kier alpha value is -2.78. The largest absolute Gasteiger partial charge is 0.461 e. The molecule has 8 N–H and O–H groups in total. The molecule has 0 unspecified atom stereocenters. The number of aliphatic hydroxyl groups excluding tert-OH is 1. The van der Waals surface area contributed by atoms with Gasteiger partial charge in [-0.3, -0.25) is 4.79 Å². The maximum Gasteiger partial charge on any atom is 0.260 e. The number of furan rings is 1. The van der Waals surface area contributed by atoms with Crippen LogP contribution >= 0.6 is 11.3 Å². The Bertz CT molecular complexity index is 1040. The van der Waals surface area contributed by atoms with Crippen LogP contribution in [-0.2, 0) is 0 Å². The summed E-state index contributed by atoms with van der Waals surface area (Å²) < 4.78 is 5.77. The number of carbonyl (C=O) groups is 1. The van der Waals surface area contributed by atoms with Crippen LogP contribution < -0.4 is 22.5 Å². The van der Waals surface area contributed by atoms with Gasteiger partial charge in [-0.1, -0.05) is 0 Å². The molecule has 0 atom stereocenters. The van der Waals surface area contributed by atoms with Crippen LogP contribution in [0, 0.1) is 12.8 Å². The van der Waals surface area contributed by atoms with Gasteiger partial charge in [0.25, 0.3) is 5.91 Å². The third-order valence-electron chi connectivity index (χ3n) is 4.89. The first-order valence-corrected chi connectivity index (χ1v) is 9.46. The van der Waals surface area contributed by atoms with Gasteiger partial charge in [0.1, 0.15) is 21.2 Å². The molecule has 4 rings (SSSR count). The van der Waals surface area contributed by atoms with Crippen molar-refractivity contribution in [3.63, 3.8) is 0 Å². The number of amides is 1. The minimum atomic E-state index is -0.603. The molecule has 3 heterocycles. The summed E-state index contributed by atoms with van der Waals surface area (Å²) in [4.78, 5) is 17.1. The van der Waals surface area contributed by atoms with Crippen molar-refractivity contribution in [3.05, 3.63) is 22.8 Å². The average molecular weight is 387 g/mol. The minimum Gasteiger partial charge on any atom is -0.461 e. The van der Waals surface area contributed by atoms with Crippen molar-refractivity contribution in [2.75, 3.05) is 23.3 Å². The van der Waals surface area contributed by atoms with Crippen LogP contribution in [0.5, 0.6) is 0 Å². The maximum absolute atomic E-state index is 11.7. The first-order chi connectivity index (χ1) is 12.8. The molecule has 1 saturated carbocycles. The Morgan fingerprint density at radius 3 is 2.70 bits per heavy atom. The molecule has 142 valence electrons. The number of nitrogens with one attached hydrogen (secondary N) is 1. The van der Waals surface area contributed by atoms with Gasteiger partial charge in [-0.25, -0.2) is 4.98 Å². The van der Waals surface area contributed by atoms with Gasteiger partial charge in [0, 0.05) is 11.9 Å². The summed E-state index contributed by atoms with van der Waals surface area (Å²) in [6, 6.07) is 3.65. The predicted molar refractivity (Wildman–Crippen MR) is 107 cm³/mol. The lowest BCUT2D eigenvalue weighted by atomic mass is 9.82. The van der Waals surface area contributed by atoms with Gasteiger partial charge in [0.2, 0.25) is 0 Å². The third kappa shape index (κ3) is 2.98. The molecule has 0 bridgehead atoms. The highest BCUT2D eigenvalue weighted by Crippen LogP contribution is 2.45. The zero-order valence-corrected chi connectivity index (χ0v) is 15.6. The Balaban J connectivity index is 1.84. The first kappa shape index (κ1) is 17.6. The quantitative estimate of drug-likeness (QED) is 0.450. The van der Waals surface area contributed by atoms with Crippen LogP contribution in [0.4, 0.5) is 17.2 Å². The van der Waals surface area contributed by atoms with Gasteiger partial charge < -0.3 is 32.0 Å². The molecule has 0 radical (unpaired) electrons. The summed E-state index contributed by atoms with van der Waals surface area (Å²) in [5, 5.41) is 13.3. The van der Waals surface area contributed by atoms with E-state index in [9.17, 15) is 9.90 Å². The Morgan fingerprint density at radius 2 is 2.11 bits per heavy atom. The fourth-order valence-electron chi connectivity index (χ4n) is 3.42. The molecule has 1 amide bonds. The lowest BCUT2D eigenvalue weighted by Gasteiger charge is -2.31. The van der Waals surface area contributed by atoms with E-state index in [-0.39, 0.29) is 16.7 Å². The number of aryl methyl sites for hydroxylation is 1. The Kier molecular flexibility index (Phi) is 4.20. The number of pyridine rings is 1. The summed E-state index contributed by atoms with van der Waals surface area (Å²) in [5.41, 5.74) is 19.3. The highest BCUT2D eigenvalue weighted by molar-refractivity contribution is 7.21. The number of rotatable bonds is 5. The average Bonchev–Trinajstić information content (AvgIpc) is 3.15. The summed E-state index contributed by atoms with van der Waals surface area (Å²) in [6.45, 7) is 2.49. The third-order valence-corrected chi connectivity index (χ3v) is 6.01. The van der Waals surface area contributed by atoms with Gasteiger partial charge >= 0.3 is 0 Å². The number of hydrogen-bond acceptors (Lipinski definition) is 8. The van der Waals surface area contributed by atoms with E-state index in [2.05, 4.69) is 10.3 Å². The summed E-state index contributed by atoms with van der Waals surface area (Å²) in [6.07, 6.45) is 1.30. The van der Waals surface area contributed by atoms with Crippen LogP contribution in [0.2, 0.25) is 0 Å². The smallest absolute Gasteiger partial charge is 0.260 e. The summed E-state index contributed by atoms with van der Waals surface area (Å²) in [7, 11) is 0. The molecule has 27 heavy (non-hydrogen) atoms. The van der Waals surface area contributed by atoms with E-state index < -0.39 is 5.91 Å². The topological polar surface area (TPSA) is 153 Å². The van der Waals surface area contributed by atoms with Crippen molar-refractivity contribution >= 4 is 44.7 Å². The number of carbonyl (C=O) groups excluding carboxylic acids is 1. The Morgan fingerprint density at radius 1 is 1.37 bits per heavy atom. The van der Waals surface area contributed by atoms with Crippen LogP contribution in [0.3, 0.4) is 0 Å². The van der Waals surface area contributed by atoms with Crippen molar-refractivity contribution in [2.45, 2.75) is 25.9 Å². The van der Waals surface area contributed by atoms with E-state index in [1.54, 1.807) is 0 Å². The molecule has 1 aliphatic carbocycles. The number of primary amides is 1.